The summed E-state index contributed by atoms with van der Waals surface area (Å²) in [6.45, 7) is 3.48. The number of hydrogen-bond donors (Lipinski definition) is 1. The third kappa shape index (κ3) is 1.96. The predicted molar refractivity (Wildman–Crippen MR) is 68.7 cm³/mol. The molecule has 2 saturated heterocycles. The van der Waals surface area contributed by atoms with Crippen LogP contribution in [0.2, 0.25) is 0 Å². The number of rotatable bonds is 1. The maximum atomic E-state index is 4.47. The third-order valence-electron chi connectivity index (χ3n) is 3.69. The molecule has 0 radical (unpaired) electrons. The van der Waals surface area contributed by atoms with E-state index < -0.39 is 0 Å². The highest BCUT2D eigenvalue weighted by Gasteiger charge is 2.32. The first-order valence-electron chi connectivity index (χ1n) is 5.93. The molecule has 2 atom stereocenters. The molecule has 1 N–H and O–H groups in total. The lowest BCUT2D eigenvalue weighted by Crippen LogP contribution is -2.44. The number of halogens is 1. The van der Waals surface area contributed by atoms with Crippen molar-refractivity contribution in [1.82, 2.24) is 10.3 Å². The lowest BCUT2D eigenvalue weighted by molar-refractivity contribution is 0.375. The predicted octanol–water partition coefficient (Wildman–Crippen LogP) is 2.03. The molecule has 3 nitrogen and oxygen atoms in total. The van der Waals surface area contributed by atoms with Crippen molar-refractivity contribution in [2.24, 2.45) is 5.92 Å². The molecule has 2 aliphatic heterocycles. The molecule has 2 fully saturated rings. The second-order valence-electron chi connectivity index (χ2n) is 4.68. The summed E-state index contributed by atoms with van der Waals surface area (Å²) in [6, 6.07) is 4.93. The zero-order valence-electron chi connectivity index (χ0n) is 9.19. The van der Waals surface area contributed by atoms with E-state index >= 15 is 0 Å². The molecule has 0 spiro atoms. The van der Waals surface area contributed by atoms with Crippen molar-refractivity contribution in [3.05, 3.63) is 22.8 Å². The van der Waals surface area contributed by atoms with E-state index in [1.807, 2.05) is 6.20 Å². The molecule has 1 aromatic rings. The number of fused-ring (bicyclic) bond motifs is 1. The topological polar surface area (TPSA) is 28.2 Å². The monoisotopic (exact) mass is 281 g/mol. The Hall–Kier alpha value is -0.610. The number of anilines is 1. The van der Waals surface area contributed by atoms with Gasteiger partial charge in [-0.2, -0.15) is 0 Å². The lowest BCUT2D eigenvalue weighted by Gasteiger charge is -2.35. The minimum atomic E-state index is 0.756. The van der Waals surface area contributed by atoms with Crippen LogP contribution in [0.15, 0.2) is 22.8 Å². The number of pyridine rings is 1. The molecule has 0 bridgehead atoms. The molecule has 3 heterocycles. The number of hydrogen-bond acceptors (Lipinski definition) is 3. The Kier molecular flexibility index (Phi) is 2.86. The average Bonchev–Trinajstić information content (AvgIpc) is 2.77. The van der Waals surface area contributed by atoms with Crippen LogP contribution in [-0.4, -0.2) is 30.7 Å². The summed E-state index contributed by atoms with van der Waals surface area (Å²) in [5.41, 5.74) is 0. The number of nitrogens with one attached hydrogen (secondary N) is 1. The highest BCUT2D eigenvalue weighted by molar-refractivity contribution is 9.10. The van der Waals surface area contributed by atoms with Crippen LogP contribution in [-0.2, 0) is 0 Å². The molecule has 1 aromatic heterocycles. The normalized spacial score (nSPS) is 29.2. The molecule has 0 aliphatic carbocycles. The number of piperidine rings is 1. The second kappa shape index (κ2) is 4.34. The van der Waals surface area contributed by atoms with Crippen LogP contribution in [0.4, 0.5) is 5.82 Å². The van der Waals surface area contributed by atoms with Gasteiger partial charge in [-0.1, -0.05) is 0 Å². The molecule has 16 heavy (non-hydrogen) atoms. The van der Waals surface area contributed by atoms with E-state index in [4.69, 9.17) is 0 Å². The fourth-order valence-corrected chi connectivity index (χ4v) is 3.05. The van der Waals surface area contributed by atoms with Crippen molar-refractivity contribution in [3.8, 4) is 0 Å². The zero-order valence-corrected chi connectivity index (χ0v) is 10.8. The minimum absolute atomic E-state index is 0.756. The molecule has 4 heteroatoms. The van der Waals surface area contributed by atoms with E-state index in [2.05, 4.69) is 43.3 Å². The van der Waals surface area contributed by atoms with Gasteiger partial charge in [0.2, 0.25) is 0 Å². The summed E-state index contributed by atoms with van der Waals surface area (Å²) in [4.78, 5) is 6.89. The highest BCUT2D eigenvalue weighted by Crippen LogP contribution is 2.27. The molecule has 3 rings (SSSR count). The maximum absolute atomic E-state index is 4.47. The van der Waals surface area contributed by atoms with E-state index in [1.54, 1.807) is 0 Å². The van der Waals surface area contributed by atoms with Gasteiger partial charge in [0, 0.05) is 29.8 Å². The quantitative estimate of drug-likeness (QED) is 0.854. The van der Waals surface area contributed by atoms with Crippen LogP contribution in [0.25, 0.3) is 0 Å². The second-order valence-corrected chi connectivity index (χ2v) is 5.59. The molecule has 0 aromatic carbocycles. The fourth-order valence-electron chi connectivity index (χ4n) is 2.81. The van der Waals surface area contributed by atoms with E-state index in [9.17, 15) is 0 Å². The Morgan fingerprint density at radius 1 is 1.38 bits per heavy atom. The summed E-state index contributed by atoms with van der Waals surface area (Å²) in [5, 5.41) is 3.59. The van der Waals surface area contributed by atoms with Gasteiger partial charge in [-0.05, 0) is 53.4 Å². The van der Waals surface area contributed by atoms with E-state index in [0.717, 1.165) is 35.3 Å². The molecular formula is C12H16BrN3. The summed E-state index contributed by atoms with van der Waals surface area (Å²) < 4.78 is 1.05. The first-order chi connectivity index (χ1) is 7.83. The average molecular weight is 282 g/mol. The Balaban J connectivity index is 1.74. The van der Waals surface area contributed by atoms with Crippen LogP contribution in [0.3, 0.4) is 0 Å². The Morgan fingerprint density at radius 2 is 2.31 bits per heavy atom. The van der Waals surface area contributed by atoms with Gasteiger partial charge in [-0.25, -0.2) is 4.98 Å². The van der Waals surface area contributed by atoms with Crippen LogP contribution in [0.5, 0.6) is 0 Å². The summed E-state index contributed by atoms with van der Waals surface area (Å²) >= 11 is 3.42. The molecule has 0 saturated carbocycles. The van der Waals surface area contributed by atoms with Gasteiger partial charge in [0.15, 0.2) is 0 Å². The van der Waals surface area contributed by atoms with Gasteiger partial charge in [0.1, 0.15) is 5.82 Å². The van der Waals surface area contributed by atoms with Crippen molar-refractivity contribution in [2.45, 2.75) is 18.9 Å². The van der Waals surface area contributed by atoms with Crippen LogP contribution in [0.1, 0.15) is 12.8 Å². The summed E-state index contributed by atoms with van der Waals surface area (Å²) in [7, 11) is 0. The Bertz CT molecular complexity index is 365. The number of nitrogens with zero attached hydrogens (tertiary/aromatic N) is 2. The van der Waals surface area contributed by atoms with Gasteiger partial charge >= 0.3 is 0 Å². The standard InChI is InChI=1S/C12H16BrN3/c13-10-1-2-12(15-7-10)16-6-4-11-9(8-16)3-5-14-11/h1-2,7,9,11,14H,3-6,8H2. The van der Waals surface area contributed by atoms with Gasteiger partial charge in [-0.3, -0.25) is 0 Å². The van der Waals surface area contributed by atoms with Crippen molar-refractivity contribution in [3.63, 3.8) is 0 Å². The molecule has 0 amide bonds. The van der Waals surface area contributed by atoms with Crippen LogP contribution >= 0.6 is 15.9 Å². The van der Waals surface area contributed by atoms with E-state index in [-0.39, 0.29) is 0 Å². The van der Waals surface area contributed by atoms with Crippen molar-refractivity contribution < 1.29 is 0 Å². The molecule has 86 valence electrons. The molecule has 2 aliphatic rings. The molecule has 2 unspecified atom stereocenters. The molecular weight excluding hydrogens is 266 g/mol. The summed E-state index contributed by atoms with van der Waals surface area (Å²) in [5.74, 6) is 1.94. The fraction of sp³-hybridized carbons (Fsp3) is 0.583. The first kappa shape index (κ1) is 10.5. The van der Waals surface area contributed by atoms with Crippen molar-refractivity contribution in [2.75, 3.05) is 24.5 Å². The minimum Gasteiger partial charge on any atom is -0.356 e. The van der Waals surface area contributed by atoms with Crippen molar-refractivity contribution >= 4 is 21.7 Å². The van der Waals surface area contributed by atoms with Crippen LogP contribution < -0.4 is 10.2 Å². The van der Waals surface area contributed by atoms with Gasteiger partial charge in [0.05, 0.1) is 0 Å². The van der Waals surface area contributed by atoms with Gasteiger partial charge in [-0.15, -0.1) is 0 Å². The van der Waals surface area contributed by atoms with Gasteiger partial charge in [0.25, 0.3) is 0 Å². The Morgan fingerprint density at radius 3 is 3.12 bits per heavy atom. The van der Waals surface area contributed by atoms with Crippen molar-refractivity contribution in [1.29, 1.82) is 0 Å². The highest BCUT2D eigenvalue weighted by atomic mass is 79.9. The lowest BCUT2D eigenvalue weighted by atomic mass is 9.93. The zero-order chi connectivity index (χ0) is 11.0. The smallest absolute Gasteiger partial charge is 0.128 e. The van der Waals surface area contributed by atoms with E-state index in [1.165, 1.54) is 19.4 Å². The Labute approximate surface area is 104 Å². The van der Waals surface area contributed by atoms with Crippen LogP contribution in [0, 0.1) is 5.92 Å². The first-order valence-corrected chi connectivity index (χ1v) is 6.72. The largest absolute Gasteiger partial charge is 0.356 e. The maximum Gasteiger partial charge on any atom is 0.128 e. The third-order valence-corrected chi connectivity index (χ3v) is 4.16. The number of aromatic nitrogens is 1. The van der Waals surface area contributed by atoms with E-state index in [0.29, 0.717) is 0 Å². The van der Waals surface area contributed by atoms with Gasteiger partial charge < -0.3 is 10.2 Å². The SMILES string of the molecule is Brc1ccc(N2CCC3NCCC3C2)nc1. The summed E-state index contributed by atoms with van der Waals surface area (Å²) in [6.07, 6.45) is 4.45.